The molecule has 1 aliphatic heterocycles. The van der Waals surface area contributed by atoms with Crippen molar-refractivity contribution >= 4 is 6.09 Å². The Morgan fingerprint density at radius 2 is 2.21 bits per heavy atom. The topological polar surface area (TPSA) is 49.8 Å². The average molecular weight is 197 g/mol. The second-order valence-electron chi connectivity index (χ2n) is 3.41. The van der Waals surface area contributed by atoms with Crippen molar-refractivity contribution in [3.63, 3.8) is 0 Å². The van der Waals surface area contributed by atoms with Gasteiger partial charge in [-0.05, 0) is 19.8 Å². The van der Waals surface area contributed by atoms with Crippen molar-refractivity contribution in [2.24, 2.45) is 0 Å². The fourth-order valence-electron chi connectivity index (χ4n) is 1.51. The Labute approximate surface area is 83.8 Å². The normalized spacial score (nSPS) is 20.1. The quantitative estimate of drug-likeness (QED) is 0.676. The summed E-state index contributed by atoms with van der Waals surface area (Å²) in [4.78, 5) is 12.0. The third kappa shape index (κ3) is 2.93. The van der Waals surface area contributed by atoms with Crippen LogP contribution >= 0.6 is 0 Å². The molecule has 1 atom stereocenters. The summed E-state index contributed by atoms with van der Waals surface area (Å²) in [5.74, 6) is 2.49. The van der Waals surface area contributed by atoms with E-state index in [1.807, 2.05) is 6.92 Å². The van der Waals surface area contributed by atoms with Gasteiger partial charge in [0.15, 0.2) is 0 Å². The van der Waals surface area contributed by atoms with Gasteiger partial charge in [0.25, 0.3) is 0 Å². The summed E-state index contributed by atoms with van der Waals surface area (Å²) in [6, 6.07) is 0. The van der Waals surface area contributed by atoms with Crippen molar-refractivity contribution in [1.29, 1.82) is 0 Å². The van der Waals surface area contributed by atoms with Crippen molar-refractivity contribution in [2.45, 2.75) is 32.0 Å². The van der Waals surface area contributed by atoms with Crippen molar-refractivity contribution < 1.29 is 14.6 Å². The van der Waals surface area contributed by atoms with Crippen LogP contribution in [0.5, 0.6) is 0 Å². The third-order valence-corrected chi connectivity index (χ3v) is 2.34. The average Bonchev–Trinajstić information content (AvgIpc) is 2.18. The predicted molar refractivity (Wildman–Crippen MR) is 52.0 cm³/mol. The number of amides is 1. The number of carboxylic acid groups (broad SMARTS) is 1. The van der Waals surface area contributed by atoms with Crippen molar-refractivity contribution in [3.05, 3.63) is 0 Å². The Kier molecular flexibility index (Phi) is 3.78. The molecule has 78 valence electrons. The van der Waals surface area contributed by atoms with Gasteiger partial charge in [-0.2, -0.15) is 0 Å². The molecule has 4 nitrogen and oxygen atoms in total. The SMILES string of the molecule is C#C[C@@H](C)OC1CCN(C(=O)O)CC1. The van der Waals surface area contributed by atoms with E-state index in [2.05, 4.69) is 5.92 Å². The fraction of sp³-hybridized carbons (Fsp3) is 0.700. The number of nitrogens with zero attached hydrogens (tertiary/aromatic N) is 1. The minimum Gasteiger partial charge on any atom is -0.465 e. The summed E-state index contributed by atoms with van der Waals surface area (Å²) >= 11 is 0. The van der Waals surface area contributed by atoms with E-state index >= 15 is 0 Å². The van der Waals surface area contributed by atoms with Crippen LogP contribution in [0.25, 0.3) is 0 Å². The molecule has 0 radical (unpaired) electrons. The van der Waals surface area contributed by atoms with Crippen LogP contribution in [0.4, 0.5) is 4.79 Å². The van der Waals surface area contributed by atoms with Gasteiger partial charge in [0, 0.05) is 13.1 Å². The molecule has 0 aliphatic carbocycles. The summed E-state index contributed by atoms with van der Waals surface area (Å²) < 4.78 is 5.51. The molecule has 1 fully saturated rings. The molecule has 1 saturated heterocycles. The van der Waals surface area contributed by atoms with Crippen LogP contribution in [0.3, 0.4) is 0 Å². The summed E-state index contributed by atoms with van der Waals surface area (Å²) in [6.07, 6.45) is 5.72. The molecule has 1 amide bonds. The standard InChI is InChI=1S/C10H15NO3/c1-3-8(2)14-9-4-6-11(7-5-9)10(12)13/h1,8-9H,4-7H2,2H3,(H,12,13)/t8-/m1/s1. The van der Waals surface area contributed by atoms with Crippen LogP contribution in [0.1, 0.15) is 19.8 Å². The number of carbonyl (C=O) groups is 1. The van der Waals surface area contributed by atoms with Gasteiger partial charge < -0.3 is 14.7 Å². The number of likely N-dealkylation sites (tertiary alicyclic amines) is 1. The summed E-state index contributed by atoms with van der Waals surface area (Å²) in [5, 5.41) is 8.71. The van der Waals surface area contributed by atoms with Gasteiger partial charge in [-0.3, -0.25) is 0 Å². The maximum atomic E-state index is 10.6. The van der Waals surface area contributed by atoms with Gasteiger partial charge in [0.05, 0.1) is 6.10 Å². The smallest absolute Gasteiger partial charge is 0.407 e. The van der Waals surface area contributed by atoms with Crippen LogP contribution in [-0.2, 0) is 4.74 Å². The van der Waals surface area contributed by atoms with Gasteiger partial charge in [0.2, 0.25) is 0 Å². The molecule has 0 aromatic heterocycles. The second-order valence-corrected chi connectivity index (χ2v) is 3.41. The van der Waals surface area contributed by atoms with Gasteiger partial charge >= 0.3 is 6.09 Å². The summed E-state index contributed by atoms with van der Waals surface area (Å²) in [6.45, 7) is 2.90. The highest BCUT2D eigenvalue weighted by Crippen LogP contribution is 2.15. The van der Waals surface area contributed by atoms with Crippen molar-refractivity contribution in [1.82, 2.24) is 4.90 Å². The lowest BCUT2D eigenvalue weighted by molar-refractivity contribution is -0.00883. The van der Waals surface area contributed by atoms with Crippen LogP contribution in [-0.4, -0.2) is 41.4 Å². The monoisotopic (exact) mass is 197 g/mol. The molecule has 0 aromatic carbocycles. The van der Waals surface area contributed by atoms with Gasteiger partial charge in [0.1, 0.15) is 6.10 Å². The van der Waals surface area contributed by atoms with Crippen molar-refractivity contribution in [3.8, 4) is 12.3 Å². The first-order chi connectivity index (χ1) is 6.63. The number of ether oxygens (including phenoxy) is 1. The lowest BCUT2D eigenvalue weighted by atomic mass is 10.1. The fourth-order valence-corrected chi connectivity index (χ4v) is 1.51. The first-order valence-electron chi connectivity index (χ1n) is 4.73. The molecule has 0 spiro atoms. The maximum absolute atomic E-state index is 10.6. The number of hydrogen-bond acceptors (Lipinski definition) is 2. The molecular weight excluding hydrogens is 182 g/mol. The largest absolute Gasteiger partial charge is 0.465 e. The van der Waals surface area contributed by atoms with Gasteiger partial charge in [-0.25, -0.2) is 4.79 Å². The first-order valence-corrected chi connectivity index (χ1v) is 4.73. The molecule has 1 N–H and O–H groups in total. The second kappa shape index (κ2) is 4.87. The van der Waals surface area contributed by atoms with Crippen LogP contribution in [0.15, 0.2) is 0 Å². The van der Waals surface area contributed by atoms with Crippen LogP contribution < -0.4 is 0 Å². The lowest BCUT2D eigenvalue weighted by Crippen LogP contribution is -2.40. The van der Waals surface area contributed by atoms with E-state index in [-0.39, 0.29) is 12.2 Å². The molecule has 0 saturated carbocycles. The summed E-state index contributed by atoms with van der Waals surface area (Å²) in [5.41, 5.74) is 0. The molecule has 1 rings (SSSR count). The zero-order valence-corrected chi connectivity index (χ0v) is 8.27. The van der Waals surface area contributed by atoms with E-state index in [1.165, 1.54) is 4.90 Å². The molecule has 0 unspecified atom stereocenters. The lowest BCUT2D eigenvalue weighted by Gasteiger charge is -2.30. The summed E-state index contributed by atoms with van der Waals surface area (Å²) in [7, 11) is 0. The Bertz CT molecular complexity index is 238. The molecule has 0 bridgehead atoms. The Morgan fingerprint density at radius 1 is 1.64 bits per heavy atom. The number of rotatable bonds is 2. The molecule has 1 heterocycles. The molecular formula is C10H15NO3. The van der Waals surface area contributed by atoms with E-state index < -0.39 is 6.09 Å². The van der Waals surface area contributed by atoms with E-state index in [1.54, 1.807) is 0 Å². The van der Waals surface area contributed by atoms with E-state index in [4.69, 9.17) is 16.3 Å². The van der Waals surface area contributed by atoms with E-state index in [0.717, 1.165) is 12.8 Å². The molecule has 4 heteroatoms. The van der Waals surface area contributed by atoms with Crippen LogP contribution in [0, 0.1) is 12.3 Å². The van der Waals surface area contributed by atoms with Crippen molar-refractivity contribution in [2.75, 3.05) is 13.1 Å². The van der Waals surface area contributed by atoms with Crippen LogP contribution in [0.2, 0.25) is 0 Å². The highest BCUT2D eigenvalue weighted by atomic mass is 16.5. The zero-order valence-electron chi connectivity index (χ0n) is 8.27. The minimum atomic E-state index is -0.853. The predicted octanol–water partition coefficient (Wildman–Crippen LogP) is 1.17. The highest BCUT2D eigenvalue weighted by Gasteiger charge is 2.23. The molecule has 14 heavy (non-hydrogen) atoms. The number of hydrogen-bond donors (Lipinski definition) is 1. The minimum absolute atomic E-state index is 0.108. The zero-order chi connectivity index (χ0) is 10.6. The Hall–Kier alpha value is -1.21. The number of terminal acetylenes is 1. The Morgan fingerprint density at radius 3 is 2.64 bits per heavy atom. The number of piperidine rings is 1. The molecule has 0 aromatic rings. The maximum Gasteiger partial charge on any atom is 0.407 e. The van der Waals surface area contributed by atoms with Gasteiger partial charge in [-0.15, -0.1) is 6.42 Å². The van der Waals surface area contributed by atoms with E-state index in [9.17, 15) is 4.79 Å². The van der Waals surface area contributed by atoms with Gasteiger partial charge in [-0.1, -0.05) is 5.92 Å². The highest BCUT2D eigenvalue weighted by molar-refractivity contribution is 5.64. The van der Waals surface area contributed by atoms with E-state index in [0.29, 0.717) is 13.1 Å². The molecule has 1 aliphatic rings. The Balaban J connectivity index is 2.29. The third-order valence-electron chi connectivity index (χ3n) is 2.34. The first kappa shape index (κ1) is 10.9.